The third kappa shape index (κ3) is 4.28. The molecule has 10 heteroatoms. The molecule has 0 atom stereocenters. The van der Waals surface area contributed by atoms with E-state index in [2.05, 4.69) is 30.6 Å². The van der Waals surface area contributed by atoms with Gasteiger partial charge in [-0.15, -0.1) is 0 Å². The Morgan fingerprint density at radius 1 is 0.588 bits per heavy atom. The van der Waals surface area contributed by atoms with Crippen molar-refractivity contribution in [1.29, 1.82) is 0 Å². The largest absolute Gasteiger partial charge is 0.364 e. The summed E-state index contributed by atoms with van der Waals surface area (Å²) in [5.74, 6) is 0.843. The molecular formula is C24H18N8O2. The topological polar surface area (TPSA) is 126 Å². The molecule has 0 bridgehead atoms. The number of hydrogen-bond acceptors (Lipinski definition) is 6. The van der Waals surface area contributed by atoms with Crippen LogP contribution in [0.15, 0.2) is 105 Å². The summed E-state index contributed by atoms with van der Waals surface area (Å²) in [6.45, 7) is 0. The molecule has 0 aliphatic rings. The molecule has 0 radical (unpaired) electrons. The lowest BCUT2D eigenvalue weighted by molar-refractivity contribution is 0.842. The number of aromatic nitrogens is 6. The number of nitrogens with zero attached hydrogens (tertiary/aromatic N) is 6. The fourth-order valence-electron chi connectivity index (χ4n) is 3.26. The van der Waals surface area contributed by atoms with E-state index < -0.39 is 11.4 Å². The molecule has 3 aromatic carbocycles. The van der Waals surface area contributed by atoms with Crippen molar-refractivity contribution < 1.29 is 0 Å². The molecule has 0 amide bonds. The van der Waals surface area contributed by atoms with E-state index in [1.165, 1.54) is 9.35 Å². The van der Waals surface area contributed by atoms with E-state index in [0.29, 0.717) is 11.6 Å². The van der Waals surface area contributed by atoms with Gasteiger partial charge in [0.25, 0.3) is 0 Å². The molecule has 34 heavy (non-hydrogen) atoms. The molecule has 2 aromatic heterocycles. The van der Waals surface area contributed by atoms with Crippen LogP contribution in [0, 0.1) is 0 Å². The zero-order valence-corrected chi connectivity index (χ0v) is 17.7. The maximum atomic E-state index is 12.1. The molecule has 10 nitrogen and oxygen atoms in total. The summed E-state index contributed by atoms with van der Waals surface area (Å²) < 4.78 is 2.42. The van der Waals surface area contributed by atoms with E-state index in [4.69, 9.17) is 0 Å². The minimum atomic E-state index is -0.432. The first-order valence-corrected chi connectivity index (χ1v) is 10.3. The quantitative estimate of drug-likeness (QED) is 0.386. The highest BCUT2D eigenvalue weighted by Gasteiger charge is 2.10. The molecule has 2 N–H and O–H groups in total. The maximum absolute atomic E-state index is 12.1. The Morgan fingerprint density at radius 3 is 1.35 bits per heavy atom. The standard InChI is InChI=1S/C24H18N8O2/c33-23-29-27-21(19-7-3-1-4-8-19)31(23)25-15-17-11-13-18(14-12-17)16-26-32-22(28-30-24(32)34)20-9-5-2-6-10-20/h1-16H,(H,29,33)(H,30,34)/b25-15+,26-16+. The number of H-pyrrole nitrogens is 2. The summed E-state index contributed by atoms with van der Waals surface area (Å²) in [5, 5.41) is 21.5. The van der Waals surface area contributed by atoms with Crippen LogP contribution in [0.4, 0.5) is 0 Å². The number of benzene rings is 3. The van der Waals surface area contributed by atoms with E-state index in [9.17, 15) is 9.59 Å². The monoisotopic (exact) mass is 450 g/mol. The molecule has 2 heterocycles. The van der Waals surface area contributed by atoms with Gasteiger partial charge in [0.2, 0.25) is 0 Å². The number of hydrogen-bond donors (Lipinski definition) is 2. The smallest absolute Gasteiger partial charge is 0.244 e. The first kappa shape index (κ1) is 20.8. The van der Waals surface area contributed by atoms with Crippen LogP contribution in [0.3, 0.4) is 0 Å². The molecule has 166 valence electrons. The second-order valence-corrected chi connectivity index (χ2v) is 7.22. The average molecular weight is 450 g/mol. The van der Waals surface area contributed by atoms with Gasteiger partial charge >= 0.3 is 11.4 Å². The molecule has 0 saturated carbocycles. The highest BCUT2D eigenvalue weighted by Crippen LogP contribution is 2.15. The molecule has 0 unspecified atom stereocenters. The van der Waals surface area contributed by atoms with Gasteiger partial charge in [-0.25, -0.2) is 19.8 Å². The number of rotatable bonds is 6. The summed E-state index contributed by atoms with van der Waals surface area (Å²) in [6.07, 6.45) is 3.14. The lowest BCUT2D eigenvalue weighted by Crippen LogP contribution is -2.13. The second kappa shape index (κ2) is 9.17. The van der Waals surface area contributed by atoms with Gasteiger partial charge in [0.15, 0.2) is 11.6 Å². The maximum Gasteiger partial charge on any atom is 0.364 e. The number of aromatic amines is 2. The first-order chi connectivity index (χ1) is 16.7. The Hall–Kier alpha value is -5.12. The van der Waals surface area contributed by atoms with Crippen LogP contribution in [0.5, 0.6) is 0 Å². The van der Waals surface area contributed by atoms with Crippen molar-refractivity contribution in [2.75, 3.05) is 0 Å². The van der Waals surface area contributed by atoms with E-state index in [1.54, 1.807) is 12.4 Å². The molecule has 0 spiro atoms. The highest BCUT2D eigenvalue weighted by molar-refractivity contribution is 5.84. The molecule has 5 rings (SSSR count). The van der Waals surface area contributed by atoms with E-state index >= 15 is 0 Å². The predicted molar refractivity (Wildman–Crippen MR) is 129 cm³/mol. The van der Waals surface area contributed by atoms with Crippen molar-refractivity contribution >= 4 is 12.4 Å². The van der Waals surface area contributed by atoms with Crippen LogP contribution in [-0.2, 0) is 0 Å². The Bertz CT molecular complexity index is 1450. The minimum Gasteiger partial charge on any atom is -0.244 e. The predicted octanol–water partition coefficient (Wildman–Crippen LogP) is 2.55. The molecule has 5 aromatic rings. The SMILES string of the molecule is O=c1[nH]nc(-c2ccccc2)n1/N=C/c1ccc(/C=N/n2c(-c3ccccc3)n[nH]c2=O)cc1. The molecule has 0 aliphatic heterocycles. The van der Waals surface area contributed by atoms with Crippen molar-refractivity contribution in [2.45, 2.75) is 0 Å². The molecular weight excluding hydrogens is 432 g/mol. The third-order valence-electron chi connectivity index (χ3n) is 4.95. The summed E-state index contributed by atoms with van der Waals surface area (Å²) in [7, 11) is 0. The van der Waals surface area contributed by atoms with Crippen molar-refractivity contribution in [3.8, 4) is 22.8 Å². The summed E-state index contributed by atoms with van der Waals surface area (Å²) in [6, 6.07) is 25.9. The van der Waals surface area contributed by atoms with Crippen LogP contribution >= 0.6 is 0 Å². The molecule has 0 aliphatic carbocycles. The van der Waals surface area contributed by atoms with Gasteiger partial charge in [-0.2, -0.15) is 29.8 Å². The van der Waals surface area contributed by atoms with Gasteiger partial charge in [0.1, 0.15) is 0 Å². The van der Waals surface area contributed by atoms with E-state index in [1.807, 2.05) is 84.9 Å². The molecule has 0 saturated heterocycles. The first-order valence-electron chi connectivity index (χ1n) is 10.3. The zero-order valence-electron chi connectivity index (χ0n) is 17.7. The van der Waals surface area contributed by atoms with E-state index in [-0.39, 0.29) is 0 Å². The Kier molecular flexibility index (Phi) is 5.60. The average Bonchev–Trinajstić information content (AvgIpc) is 3.45. The van der Waals surface area contributed by atoms with Crippen molar-refractivity contribution in [2.24, 2.45) is 10.2 Å². The van der Waals surface area contributed by atoms with Gasteiger partial charge in [0.05, 0.1) is 12.4 Å². The van der Waals surface area contributed by atoms with Crippen molar-refractivity contribution in [3.63, 3.8) is 0 Å². The van der Waals surface area contributed by atoms with Crippen LogP contribution in [0.1, 0.15) is 11.1 Å². The minimum absolute atomic E-state index is 0.422. The summed E-state index contributed by atoms with van der Waals surface area (Å²) >= 11 is 0. The fourth-order valence-corrected chi connectivity index (χ4v) is 3.26. The Labute approximate surface area is 192 Å². The van der Waals surface area contributed by atoms with Crippen molar-refractivity contribution in [1.82, 2.24) is 29.7 Å². The van der Waals surface area contributed by atoms with Gasteiger partial charge in [-0.3, -0.25) is 0 Å². The highest BCUT2D eigenvalue weighted by atomic mass is 16.2. The molecule has 0 fully saturated rings. The Balaban J connectivity index is 1.36. The fraction of sp³-hybridized carbons (Fsp3) is 0. The number of nitrogens with one attached hydrogen (secondary N) is 2. The third-order valence-corrected chi connectivity index (χ3v) is 4.95. The Morgan fingerprint density at radius 2 is 0.971 bits per heavy atom. The van der Waals surface area contributed by atoms with Crippen LogP contribution in [0.25, 0.3) is 22.8 Å². The van der Waals surface area contributed by atoms with Gasteiger partial charge in [-0.05, 0) is 11.1 Å². The van der Waals surface area contributed by atoms with Crippen molar-refractivity contribution in [3.05, 3.63) is 117 Å². The van der Waals surface area contributed by atoms with Crippen LogP contribution in [0.2, 0.25) is 0 Å². The van der Waals surface area contributed by atoms with Crippen LogP contribution < -0.4 is 11.4 Å². The zero-order chi connectivity index (χ0) is 23.3. The summed E-state index contributed by atoms with van der Waals surface area (Å²) in [4.78, 5) is 24.2. The second-order valence-electron chi connectivity index (χ2n) is 7.22. The summed E-state index contributed by atoms with van der Waals surface area (Å²) in [5.41, 5.74) is 2.23. The normalized spacial score (nSPS) is 11.5. The lowest BCUT2D eigenvalue weighted by atomic mass is 10.2. The lowest BCUT2D eigenvalue weighted by Gasteiger charge is -2.00. The van der Waals surface area contributed by atoms with E-state index in [0.717, 1.165) is 22.3 Å². The van der Waals surface area contributed by atoms with Gasteiger partial charge < -0.3 is 0 Å². The van der Waals surface area contributed by atoms with Crippen LogP contribution in [-0.4, -0.2) is 42.2 Å². The van der Waals surface area contributed by atoms with Gasteiger partial charge in [0, 0.05) is 11.1 Å². The van der Waals surface area contributed by atoms with Gasteiger partial charge in [-0.1, -0.05) is 84.9 Å².